The Hall–Kier alpha value is -2.30. The molecule has 1 heterocycles. The molecule has 2 rings (SSSR count). The minimum absolute atomic E-state index is 0.309. The molecule has 0 saturated heterocycles. The lowest BCUT2D eigenvalue weighted by molar-refractivity contribution is 0.0601. The number of rotatable bonds is 2. The van der Waals surface area contributed by atoms with E-state index in [1.807, 2.05) is 0 Å². The van der Waals surface area contributed by atoms with Gasteiger partial charge in [-0.2, -0.15) is 0 Å². The first-order valence-corrected chi connectivity index (χ1v) is 4.97. The van der Waals surface area contributed by atoms with Gasteiger partial charge in [-0.15, -0.1) is 0 Å². The molecule has 2 aromatic rings. The maximum absolute atomic E-state index is 11.3. The Morgan fingerprint density at radius 2 is 2.06 bits per heavy atom. The smallest absolute Gasteiger partial charge is 0.337 e. The number of benzene rings is 1. The SMILES string of the molecule is COC(=O)c1ccc2nc(C=O)c(C)nc2c1. The van der Waals surface area contributed by atoms with Crippen molar-refractivity contribution in [3.05, 3.63) is 35.2 Å². The molecule has 0 aliphatic rings. The molecule has 0 aliphatic carbocycles. The van der Waals surface area contributed by atoms with Crippen molar-refractivity contribution in [3.63, 3.8) is 0 Å². The number of fused-ring (bicyclic) bond motifs is 1. The Morgan fingerprint density at radius 1 is 1.29 bits per heavy atom. The van der Waals surface area contributed by atoms with Gasteiger partial charge in [0.05, 0.1) is 29.4 Å². The molecule has 0 spiro atoms. The molecule has 86 valence electrons. The Morgan fingerprint density at radius 3 is 2.71 bits per heavy atom. The van der Waals surface area contributed by atoms with Crippen molar-refractivity contribution in [1.29, 1.82) is 0 Å². The average Bonchev–Trinajstić information content (AvgIpc) is 2.36. The standard InChI is InChI=1S/C12H10N2O3/c1-7-11(6-15)14-9-4-3-8(12(16)17-2)5-10(9)13-7/h3-6H,1-2H3. The van der Waals surface area contributed by atoms with Gasteiger partial charge in [-0.1, -0.05) is 0 Å². The van der Waals surface area contributed by atoms with E-state index in [-0.39, 0.29) is 0 Å². The predicted molar refractivity (Wildman–Crippen MR) is 61.0 cm³/mol. The molecule has 1 aromatic heterocycles. The van der Waals surface area contributed by atoms with Crippen LogP contribution < -0.4 is 0 Å². The number of aryl methyl sites for hydroxylation is 1. The number of hydrogen-bond acceptors (Lipinski definition) is 5. The van der Waals surface area contributed by atoms with Gasteiger partial charge in [0, 0.05) is 0 Å². The summed E-state index contributed by atoms with van der Waals surface area (Å²) < 4.78 is 4.62. The van der Waals surface area contributed by atoms with E-state index in [0.29, 0.717) is 34.3 Å². The number of nitrogens with zero attached hydrogens (tertiary/aromatic N) is 2. The van der Waals surface area contributed by atoms with Crippen LogP contribution in [0, 0.1) is 6.92 Å². The molecule has 17 heavy (non-hydrogen) atoms. The first-order chi connectivity index (χ1) is 8.15. The number of carbonyl (C=O) groups excluding carboxylic acids is 2. The largest absolute Gasteiger partial charge is 0.465 e. The van der Waals surface area contributed by atoms with E-state index in [1.54, 1.807) is 25.1 Å². The topological polar surface area (TPSA) is 69.2 Å². The van der Waals surface area contributed by atoms with Crippen LogP contribution in [-0.4, -0.2) is 29.3 Å². The molecular weight excluding hydrogens is 220 g/mol. The first-order valence-electron chi connectivity index (χ1n) is 4.97. The zero-order valence-electron chi connectivity index (χ0n) is 9.43. The third kappa shape index (κ3) is 1.99. The Balaban J connectivity index is 2.63. The summed E-state index contributed by atoms with van der Waals surface area (Å²) >= 11 is 0. The van der Waals surface area contributed by atoms with Crippen LogP contribution in [0.1, 0.15) is 26.5 Å². The second-order valence-electron chi connectivity index (χ2n) is 3.51. The Bertz CT molecular complexity index is 608. The normalized spacial score (nSPS) is 10.2. The molecule has 0 aliphatic heterocycles. The fourth-order valence-corrected chi connectivity index (χ4v) is 1.51. The van der Waals surface area contributed by atoms with Crippen molar-refractivity contribution in [1.82, 2.24) is 9.97 Å². The van der Waals surface area contributed by atoms with E-state index >= 15 is 0 Å². The Kier molecular flexibility index (Phi) is 2.82. The van der Waals surface area contributed by atoms with E-state index < -0.39 is 5.97 Å². The minimum Gasteiger partial charge on any atom is -0.465 e. The summed E-state index contributed by atoms with van der Waals surface area (Å²) in [4.78, 5) is 30.4. The highest BCUT2D eigenvalue weighted by atomic mass is 16.5. The lowest BCUT2D eigenvalue weighted by Crippen LogP contribution is -2.02. The van der Waals surface area contributed by atoms with Gasteiger partial charge >= 0.3 is 5.97 Å². The minimum atomic E-state index is -0.425. The highest BCUT2D eigenvalue weighted by Gasteiger charge is 2.09. The van der Waals surface area contributed by atoms with Gasteiger partial charge in [0.1, 0.15) is 5.69 Å². The van der Waals surface area contributed by atoms with Crippen molar-refractivity contribution in [2.75, 3.05) is 7.11 Å². The summed E-state index contributed by atoms with van der Waals surface area (Å²) in [5, 5.41) is 0. The molecule has 0 radical (unpaired) electrons. The van der Waals surface area contributed by atoms with Gasteiger partial charge in [0.15, 0.2) is 6.29 Å². The number of esters is 1. The van der Waals surface area contributed by atoms with E-state index in [4.69, 9.17) is 0 Å². The van der Waals surface area contributed by atoms with E-state index in [2.05, 4.69) is 14.7 Å². The summed E-state index contributed by atoms with van der Waals surface area (Å²) in [7, 11) is 1.32. The van der Waals surface area contributed by atoms with E-state index in [1.165, 1.54) is 7.11 Å². The number of carbonyl (C=O) groups is 2. The summed E-state index contributed by atoms with van der Waals surface area (Å²) in [5.41, 5.74) is 2.40. The summed E-state index contributed by atoms with van der Waals surface area (Å²) in [6.07, 6.45) is 0.663. The van der Waals surface area contributed by atoms with Crippen LogP contribution in [0.2, 0.25) is 0 Å². The van der Waals surface area contributed by atoms with Crippen molar-refractivity contribution in [3.8, 4) is 0 Å². The molecular formula is C12H10N2O3. The number of hydrogen-bond donors (Lipinski definition) is 0. The molecule has 0 amide bonds. The monoisotopic (exact) mass is 230 g/mol. The second-order valence-corrected chi connectivity index (χ2v) is 3.51. The highest BCUT2D eigenvalue weighted by Crippen LogP contribution is 2.14. The lowest BCUT2D eigenvalue weighted by Gasteiger charge is -2.03. The third-order valence-electron chi connectivity index (χ3n) is 2.41. The van der Waals surface area contributed by atoms with Crippen LogP contribution in [0.4, 0.5) is 0 Å². The molecule has 1 aromatic carbocycles. The molecule has 0 N–H and O–H groups in total. The first kappa shape index (κ1) is 11.2. The van der Waals surface area contributed by atoms with Crippen LogP contribution in [0.15, 0.2) is 18.2 Å². The highest BCUT2D eigenvalue weighted by molar-refractivity contribution is 5.93. The molecule has 0 bridgehead atoms. The maximum atomic E-state index is 11.3. The fraction of sp³-hybridized carbons (Fsp3) is 0.167. The summed E-state index contributed by atoms with van der Waals surface area (Å²) in [6.45, 7) is 1.70. The Labute approximate surface area is 97.4 Å². The molecule has 0 unspecified atom stereocenters. The van der Waals surface area contributed by atoms with Crippen molar-refractivity contribution in [2.45, 2.75) is 6.92 Å². The summed E-state index contributed by atoms with van der Waals surface area (Å²) in [5.74, 6) is -0.425. The van der Waals surface area contributed by atoms with Crippen molar-refractivity contribution < 1.29 is 14.3 Å². The number of aldehydes is 1. The van der Waals surface area contributed by atoms with Crippen molar-refractivity contribution >= 4 is 23.3 Å². The van der Waals surface area contributed by atoms with Gasteiger partial charge in [-0.25, -0.2) is 14.8 Å². The zero-order chi connectivity index (χ0) is 12.4. The van der Waals surface area contributed by atoms with Crippen LogP contribution in [-0.2, 0) is 4.74 Å². The molecule has 5 nitrogen and oxygen atoms in total. The third-order valence-corrected chi connectivity index (χ3v) is 2.41. The molecule has 0 fully saturated rings. The molecule has 0 atom stereocenters. The van der Waals surface area contributed by atoms with Crippen LogP contribution in [0.3, 0.4) is 0 Å². The predicted octanol–water partition coefficient (Wildman–Crippen LogP) is 1.54. The van der Waals surface area contributed by atoms with Gasteiger partial charge in [-0.05, 0) is 25.1 Å². The van der Waals surface area contributed by atoms with Crippen LogP contribution in [0.25, 0.3) is 11.0 Å². The lowest BCUT2D eigenvalue weighted by atomic mass is 10.2. The summed E-state index contributed by atoms with van der Waals surface area (Å²) in [6, 6.07) is 4.82. The molecule has 5 heteroatoms. The van der Waals surface area contributed by atoms with Gasteiger partial charge in [0.2, 0.25) is 0 Å². The van der Waals surface area contributed by atoms with E-state index in [0.717, 1.165) is 0 Å². The number of aromatic nitrogens is 2. The second kappa shape index (κ2) is 4.29. The number of ether oxygens (including phenoxy) is 1. The average molecular weight is 230 g/mol. The van der Waals surface area contributed by atoms with E-state index in [9.17, 15) is 9.59 Å². The fourth-order valence-electron chi connectivity index (χ4n) is 1.51. The van der Waals surface area contributed by atoms with Crippen LogP contribution >= 0.6 is 0 Å². The van der Waals surface area contributed by atoms with Gasteiger partial charge < -0.3 is 4.74 Å². The van der Waals surface area contributed by atoms with Crippen molar-refractivity contribution in [2.24, 2.45) is 0 Å². The van der Waals surface area contributed by atoms with Gasteiger partial charge in [-0.3, -0.25) is 4.79 Å². The maximum Gasteiger partial charge on any atom is 0.337 e. The van der Waals surface area contributed by atoms with Gasteiger partial charge in [0.25, 0.3) is 0 Å². The number of methoxy groups -OCH3 is 1. The molecule has 0 saturated carbocycles. The zero-order valence-corrected chi connectivity index (χ0v) is 9.43. The quantitative estimate of drug-likeness (QED) is 0.578. The van der Waals surface area contributed by atoms with Crippen LogP contribution in [0.5, 0.6) is 0 Å².